The number of aromatic nitrogens is 2. The van der Waals surface area contributed by atoms with Gasteiger partial charge in [-0.25, -0.2) is 4.98 Å². The van der Waals surface area contributed by atoms with Crippen LogP contribution in [-0.2, 0) is 23.9 Å². The molecule has 0 radical (unpaired) electrons. The normalized spacial score (nSPS) is 16.4. The van der Waals surface area contributed by atoms with Crippen LogP contribution in [0.4, 0.5) is 18.9 Å². The summed E-state index contributed by atoms with van der Waals surface area (Å²) in [6, 6.07) is 4.09. The Morgan fingerprint density at radius 3 is 2.81 bits per heavy atom. The maximum atomic E-state index is 12.8. The molecule has 0 saturated carbocycles. The Morgan fingerprint density at radius 2 is 2.15 bits per heavy atom. The van der Waals surface area contributed by atoms with Crippen LogP contribution in [0.15, 0.2) is 29.1 Å². The number of hydrogen-bond donors (Lipinski definition) is 2. The van der Waals surface area contributed by atoms with E-state index in [1.807, 2.05) is 0 Å². The van der Waals surface area contributed by atoms with Crippen LogP contribution in [0.1, 0.15) is 35.1 Å². The molecule has 0 spiro atoms. The van der Waals surface area contributed by atoms with Gasteiger partial charge in [-0.05, 0) is 31.0 Å². The number of nitrogens with zero attached hydrogens (tertiary/aromatic N) is 2. The second-order valence-corrected chi connectivity index (χ2v) is 6.17. The zero-order valence-corrected chi connectivity index (χ0v) is 13.9. The number of carbonyl (C=O) groups is 1. The number of anilines is 1. The van der Waals surface area contributed by atoms with Crippen molar-refractivity contribution < 1.29 is 18.0 Å². The quantitative estimate of drug-likeness (QED) is 0.868. The number of carbonyl (C=O) groups excluding carboxylic acids is 1. The first-order valence-corrected chi connectivity index (χ1v) is 8.00. The Bertz CT molecular complexity index is 921. The number of halogens is 3. The highest BCUT2D eigenvalue weighted by Crippen LogP contribution is 2.30. The van der Waals surface area contributed by atoms with E-state index in [1.54, 1.807) is 6.92 Å². The molecule has 3 rings (SSSR count). The maximum absolute atomic E-state index is 12.8. The fourth-order valence-electron chi connectivity index (χ4n) is 3.11. The third-order valence-electron chi connectivity index (χ3n) is 4.37. The van der Waals surface area contributed by atoms with Crippen LogP contribution >= 0.6 is 0 Å². The van der Waals surface area contributed by atoms with Crippen LogP contribution < -0.4 is 16.6 Å². The lowest BCUT2D eigenvalue weighted by molar-refractivity contribution is -0.137. The molecule has 1 aromatic heterocycles. The van der Waals surface area contributed by atoms with E-state index in [9.17, 15) is 22.8 Å². The van der Waals surface area contributed by atoms with E-state index in [-0.39, 0.29) is 12.2 Å². The number of nitrogens with one attached hydrogen (secondary N) is 1. The van der Waals surface area contributed by atoms with Gasteiger partial charge in [-0.15, -0.1) is 0 Å². The van der Waals surface area contributed by atoms with E-state index < -0.39 is 29.2 Å². The van der Waals surface area contributed by atoms with Crippen molar-refractivity contribution in [1.29, 1.82) is 0 Å². The first-order valence-electron chi connectivity index (χ1n) is 8.00. The second-order valence-electron chi connectivity index (χ2n) is 6.17. The molecule has 0 fully saturated rings. The third-order valence-corrected chi connectivity index (χ3v) is 4.37. The van der Waals surface area contributed by atoms with Gasteiger partial charge in [-0.3, -0.25) is 14.2 Å². The van der Waals surface area contributed by atoms with Crippen molar-refractivity contribution in [3.05, 3.63) is 57.3 Å². The van der Waals surface area contributed by atoms with Gasteiger partial charge < -0.3 is 11.1 Å². The Hall–Kier alpha value is -2.84. The number of alkyl halides is 3. The molecule has 1 aliphatic heterocycles. The Labute approximate surface area is 146 Å². The van der Waals surface area contributed by atoms with Crippen molar-refractivity contribution in [2.24, 2.45) is 5.73 Å². The van der Waals surface area contributed by atoms with Gasteiger partial charge in [0.25, 0.3) is 5.56 Å². The summed E-state index contributed by atoms with van der Waals surface area (Å²) in [5.74, 6) is -0.124. The number of fused-ring (bicyclic) bond motifs is 1. The zero-order valence-electron chi connectivity index (χ0n) is 13.9. The van der Waals surface area contributed by atoms with Crippen LogP contribution in [0.25, 0.3) is 0 Å². The van der Waals surface area contributed by atoms with Crippen molar-refractivity contribution in [2.75, 3.05) is 5.32 Å². The molecular weight excluding hydrogens is 349 g/mol. The number of hydrogen-bond acceptors (Lipinski definition) is 4. The number of benzene rings is 1. The van der Waals surface area contributed by atoms with Crippen LogP contribution in [-0.4, -0.2) is 15.5 Å². The van der Waals surface area contributed by atoms with Crippen LogP contribution in [0, 0.1) is 6.92 Å². The minimum Gasteiger partial charge on any atom is -0.375 e. The summed E-state index contributed by atoms with van der Waals surface area (Å²) in [4.78, 5) is 28.6. The van der Waals surface area contributed by atoms with Gasteiger partial charge in [0.2, 0.25) is 5.91 Å². The molecule has 1 aliphatic rings. The van der Waals surface area contributed by atoms with Gasteiger partial charge in [-0.2, -0.15) is 13.2 Å². The summed E-state index contributed by atoms with van der Waals surface area (Å²) in [5.41, 5.74) is 5.09. The molecule has 3 N–H and O–H groups in total. The highest BCUT2D eigenvalue weighted by atomic mass is 19.4. The van der Waals surface area contributed by atoms with Crippen molar-refractivity contribution in [3.63, 3.8) is 0 Å². The van der Waals surface area contributed by atoms with E-state index in [2.05, 4.69) is 10.3 Å². The topological polar surface area (TPSA) is 90.0 Å². The fourth-order valence-corrected chi connectivity index (χ4v) is 3.11. The first-order chi connectivity index (χ1) is 12.2. The van der Waals surface area contributed by atoms with E-state index >= 15 is 0 Å². The molecule has 2 aromatic rings. The predicted octanol–water partition coefficient (Wildman–Crippen LogP) is 2.16. The van der Waals surface area contributed by atoms with E-state index in [4.69, 9.17) is 5.73 Å². The van der Waals surface area contributed by atoms with E-state index in [1.165, 1.54) is 16.7 Å². The highest BCUT2D eigenvalue weighted by Gasteiger charge is 2.31. The van der Waals surface area contributed by atoms with Crippen molar-refractivity contribution in [3.8, 4) is 0 Å². The SMILES string of the molecule is Cc1nc2n(c(=O)c1NCc1cccc(C(F)(F)F)c1)C(C(N)=O)CC2. The van der Waals surface area contributed by atoms with Gasteiger partial charge in [0.05, 0.1) is 11.3 Å². The van der Waals surface area contributed by atoms with Gasteiger partial charge in [0.15, 0.2) is 0 Å². The molecule has 1 atom stereocenters. The second kappa shape index (κ2) is 6.47. The molecule has 1 aromatic carbocycles. The minimum absolute atomic E-state index is 0.0161. The molecular formula is C17H17F3N4O2. The standard InChI is InChI=1S/C17H17F3N4O2/c1-9-14(16(26)24-12(15(21)25)5-6-13(24)23-9)22-8-10-3-2-4-11(7-10)17(18,19)20/h2-4,7,12,22H,5-6,8H2,1H3,(H2,21,25). The highest BCUT2D eigenvalue weighted by molar-refractivity contribution is 5.79. The summed E-state index contributed by atoms with van der Waals surface area (Å²) in [6.07, 6.45) is -3.55. The number of nitrogens with two attached hydrogens (primary N) is 1. The van der Waals surface area contributed by atoms with Gasteiger partial charge >= 0.3 is 6.18 Å². The van der Waals surface area contributed by atoms with E-state index in [0.717, 1.165) is 12.1 Å². The Balaban J connectivity index is 1.89. The molecule has 2 heterocycles. The van der Waals surface area contributed by atoms with Crippen LogP contribution in [0.2, 0.25) is 0 Å². The first kappa shape index (κ1) is 18.0. The van der Waals surface area contributed by atoms with Gasteiger partial charge in [0, 0.05) is 13.0 Å². The smallest absolute Gasteiger partial charge is 0.375 e. The molecule has 0 bridgehead atoms. The molecule has 6 nitrogen and oxygen atoms in total. The summed E-state index contributed by atoms with van der Waals surface area (Å²) < 4.78 is 39.7. The molecule has 0 saturated heterocycles. The monoisotopic (exact) mass is 366 g/mol. The van der Waals surface area contributed by atoms with Crippen LogP contribution in [0.3, 0.4) is 0 Å². The summed E-state index contributed by atoms with van der Waals surface area (Å²) >= 11 is 0. The fraction of sp³-hybridized carbons (Fsp3) is 0.353. The molecule has 138 valence electrons. The van der Waals surface area contributed by atoms with Crippen molar-refractivity contribution in [2.45, 2.75) is 38.5 Å². The Morgan fingerprint density at radius 1 is 1.42 bits per heavy atom. The molecule has 9 heteroatoms. The average molecular weight is 366 g/mol. The number of rotatable bonds is 4. The lowest BCUT2D eigenvalue weighted by atomic mass is 10.1. The maximum Gasteiger partial charge on any atom is 0.416 e. The van der Waals surface area contributed by atoms with Crippen LogP contribution in [0.5, 0.6) is 0 Å². The van der Waals surface area contributed by atoms with E-state index in [0.29, 0.717) is 29.9 Å². The molecule has 1 amide bonds. The molecule has 0 aliphatic carbocycles. The third kappa shape index (κ3) is 3.29. The van der Waals surface area contributed by atoms with Gasteiger partial charge in [-0.1, -0.05) is 12.1 Å². The lowest BCUT2D eigenvalue weighted by Crippen LogP contribution is -2.34. The summed E-state index contributed by atoms with van der Waals surface area (Å²) in [5, 5.41) is 2.85. The molecule has 1 unspecified atom stereocenters. The minimum atomic E-state index is -4.44. The molecule has 26 heavy (non-hydrogen) atoms. The summed E-state index contributed by atoms with van der Waals surface area (Å²) in [6.45, 7) is 1.65. The average Bonchev–Trinajstić information content (AvgIpc) is 2.98. The lowest BCUT2D eigenvalue weighted by Gasteiger charge is -2.15. The van der Waals surface area contributed by atoms with Gasteiger partial charge in [0.1, 0.15) is 17.6 Å². The van der Waals surface area contributed by atoms with Crippen molar-refractivity contribution in [1.82, 2.24) is 9.55 Å². The number of aryl methyl sites for hydroxylation is 2. The Kier molecular flexibility index (Phi) is 4.47. The summed E-state index contributed by atoms with van der Waals surface area (Å²) in [7, 11) is 0. The predicted molar refractivity (Wildman–Crippen MR) is 88.6 cm³/mol. The zero-order chi connectivity index (χ0) is 19.1. The van der Waals surface area contributed by atoms with Crippen molar-refractivity contribution >= 4 is 11.6 Å². The number of primary amides is 1. The number of amides is 1. The largest absolute Gasteiger partial charge is 0.416 e.